The van der Waals surface area contributed by atoms with Crippen molar-refractivity contribution in [2.75, 3.05) is 20.1 Å². The van der Waals surface area contributed by atoms with Gasteiger partial charge in [-0.2, -0.15) is 0 Å². The van der Waals surface area contributed by atoms with E-state index < -0.39 is 0 Å². The molecule has 0 unspecified atom stereocenters. The monoisotopic (exact) mass is 312 g/mol. The van der Waals surface area contributed by atoms with Gasteiger partial charge in [-0.25, -0.2) is 0 Å². The van der Waals surface area contributed by atoms with E-state index in [4.69, 9.17) is 5.73 Å². The number of carbonyl (C=O) groups excluding carboxylic acids is 1. The van der Waals surface area contributed by atoms with Crippen LogP contribution in [0.4, 0.5) is 0 Å². The zero-order valence-electron chi connectivity index (χ0n) is 13.8. The van der Waals surface area contributed by atoms with E-state index in [-0.39, 0.29) is 29.1 Å². The molecule has 120 valence electrons. The van der Waals surface area contributed by atoms with Gasteiger partial charge in [0.05, 0.1) is 0 Å². The number of nitrogens with two attached hydrogens (primary N) is 1. The normalized spacial score (nSPS) is 11.7. The number of hydrogen-bond donors (Lipinski definition) is 1. The molecule has 0 heterocycles. The van der Waals surface area contributed by atoms with E-state index in [0.29, 0.717) is 19.5 Å². The van der Waals surface area contributed by atoms with Gasteiger partial charge in [0.15, 0.2) is 0 Å². The average Bonchev–Trinajstić information content (AvgIpc) is 2.38. The topological polar surface area (TPSA) is 46.3 Å². The van der Waals surface area contributed by atoms with Crippen molar-refractivity contribution in [3.63, 3.8) is 0 Å². The van der Waals surface area contributed by atoms with Crippen LogP contribution in [0.25, 0.3) is 0 Å². The number of amides is 1. The lowest BCUT2D eigenvalue weighted by Crippen LogP contribution is -2.41. The molecule has 0 aliphatic rings. The lowest BCUT2D eigenvalue weighted by atomic mass is 9.81. The third-order valence-electron chi connectivity index (χ3n) is 3.79. The van der Waals surface area contributed by atoms with E-state index >= 15 is 0 Å². The average molecular weight is 313 g/mol. The van der Waals surface area contributed by atoms with Crippen LogP contribution >= 0.6 is 12.4 Å². The molecule has 3 nitrogen and oxygen atoms in total. The Bertz CT molecular complexity index is 443. The van der Waals surface area contributed by atoms with Gasteiger partial charge in [0.25, 0.3) is 0 Å². The van der Waals surface area contributed by atoms with E-state index in [9.17, 15) is 4.79 Å². The van der Waals surface area contributed by atoms with Gasteiger partial charge in [0, 0.05) is 20.0 Å². The van der Waals surface area contributed by atoms with E-state index in [2.05, 4.69) is 39.8 Å². The molecule has 4 heteroatoms. The maximum absolute atomic E-state index is 12.4. The molecule has 0 aliphatic carbocycles. The summed E-state index contributed by atoms with van der Waals surface area (Å²) >= 11 is 0. The largest absolute Gasteiger partial charge is 0.345 e. The maximum Gasteiger partial charge on any atom is 0.223 e. The standard InChI is InChI=1S/C17H28N2O.ClH/c1-16(2,12-18)13-19(5)15(20)11-17(3,4)14-9-7-6-8-10-14;/h6-10H,11-13,18H2,1-5H3;1H. The van der Waals surface area contributed by atoms with Crippen LogP contribution in [0.2, 0.25) is 0 Å². The molecule has 0 spiro atoms. The first kappa shape index (κ1) is 19.9. The highest BCUT2D eigenvalue weighted by molar-refractivity contribution is 5.85. The number of halogens is 1. The molecule has 0 aliphatic heterocycles. The Morgan fingerprint density at radius 3 is 2.14 bits per heavy atom. The summed E-state index contributed by atoms with van der Waals surface area (Å²) in [6.45, 7) is 9.66. The predicted molar refractivity (Wildman–Crippen MR) is 91.8 cm³/mol. The van der Waals surface area contributed by atoms with Crippen molar-refractivity contribution in [2.45, 2.75) is 39.5 Å². The van der Waals surface area contributed by atoms with Crippen molar-refractivity contribution < 1.29 is 4.79 Å². The number of hydrogen-bond acceptors (Lipinski definition) is 2. The zero-order valence-corrected chi connectivity index (χ0v) is 14.7. The second-order valence-corrected chi connectivity index (χ2v) is 7.04. The fraction of sp³-hybridized carbons (Fsp3) is 0.588. The van der Waals surface area contributed by atoms with Crippen molar-refractivity contribution in [3.05, 3.63) is 35.9 Å². The summed E-state index contributed by atoms with van der Waals surface area (Å²) in [5.41, 5.74) is 6.74. The third kappa shape index (κ3) is 6.06. The molecule has 1 amide bonds. The SMILES string of the molecule is CN(CC(C)(C)CN)C(=O)CC(C)(C)c1ccccc1.Cl. The van der Waals surface area contributed by atoms with Crippen LogP contribution in [0, 0.1) is 5.41 Å². The molecular weight excluding hydrogens is 284 g/mol. The Morgan fingerprint density at radius 2 is 1.67 bits per heavy atom. The Balaban J connectivity index is 0.00000400. The van der Waals surface area contributed by atoms with E-state index in [0.717, 1.165) is 0 Å². The molecule has 1 aromatic carbocycles. The van der Waals surface area contributed by atoms with Crippen LogP contribution in [-0.2, 0) is 10.2 Å². The van der Waals surface area contributed by atoms with E-state index in [1.54, 1.807) is 4.90 Å². The highest BCUT2D eigenvalue weighted by atomic mass is 35.5. The summed E-state index contributed by atoms with van der Waals surface area (Å²) in [4.78, 5) is 14.2. The first-order valence-electron chi connectivity index (χ1n) is 7.17. The van der Waals surface area contributed by atoms with Gasteiger partial charge in [0.1, 0.15) is 0 Å². The van der Waals surface area contributed by atoms with E-state index in [1.807, 2.05) is 25.2 Å². The van der Waals surface area contributed by atoms with Crippen LogP contribution in [0.3, 0.4) is 0 Å². The van der Waals surface area contributed by atoms with Crippen molar-refractivity contribution in [1.29, 1.82) is 0 Å². The van der Waals surface area contributed by atoms with E-state index in [1.165, 1.54) is 5.56 Å². The van der Waals surface area contributed by atoms with Crippen molar-refractivity contribution >= 4 is 18.3 Å². The van der Waals surface area contributed by atoms with Crippen LogP contribution in [0.1, 0.15) is 39.7 Å². The number of rotatable bonds is 6. The van der Waals surface area contributed by atoms with Gasteiger partial charge in [-0.1, -0.05) is 58.0 Å². The Labute approximate surface area is 135 Å². The number of carbonyl (C=O) groups is 1. The Kier molecular flexibility index (Phi) is 7.41. The summed E-state index contributed by atoms with van der Waals surface area (Å²) in [6.07, 6.45) is 0.508. The van der Waals surface area contributed by atoms with Gasteiger partial charge >= 0.3 is 0 Å². The number of benzene rings is 1. The molecule has 1 aromatic rings. The first-order valence-corrected chi connectivity index (χ1v) is 7.17. The summed E-state index contributed by atoms with van der Waals surface area (Å²) in [6, 6.07) is 10.2. The highest BCUT2D eigenvalue weighted by Crippen LogP contribution is 2.27. The summed E-state index contributed by atoms with van der Waals surface area (Å²) in [7, 11) is 1.86. The second-order valence-electron chi connectivity index (χ2n) is 7.04. The minimum Gasteiger partial charge on any atom is -0.345 e. The Morgan fingerprint density at radius 1 is 1.14 bits per heavy atom. The zero-order chi connectivity index (χ0) is 15.4. The van der Waals surface area contributed by atoms with Crippen molar-refractivity contribution in [2.24, 2.45) is 11.1 Å². The van der Waals surface area contributed by atoms with Crippen LogP contribution in [0.15, 0.2) is 30.3 Å². The van der Waals surface area contributed by atoms with Crippen LogP contribution in [-0.4, -0.2) is 30.9 Å². The fourth-order valence-electron chi connectivity index (χ4n) is 2.30. The second kappa shape index (κ2) is 7.81. The summed E-state index contributed by atoms with van der Waals surface area (Å²) in [5.74, 6) is 0.167. The molecule has 0 saturated heterocycles. The van der Waals surface area contributed by atoms with Crippen LogP contribution in [0.5, 0.6) is 0 Å². The molecule has 0 atom stereocenters. The van der Waals surface area contributed by atoms with Gasteiger partial charge in [-0.15, -0.1) is 12.4 Å². The maximum atomic E-state index is 12.4. The predicted octanol–water partition coefficient (Wildman–Crippen LogP) is 3.22. The van der Waals surface area contributed by atoms with Crippen molar-refractivity contribution in [3.8, 4) is 0 Å². The van der Waals surface area contributed by atoms with Gasteiger partial charge in [-0.3, -0.25) is 4.79 Å². The molecule has 0 fully saturated rings. The molecule has 0 bridgehead atoms. The van der Waals surface area contributed by atoms with Crippen LogP contribution < -0.4 is 5.73 Å². The molecule has 0 aromatic heterocycles. The molecule has 0 saturated carbocycles. The van der Waals surface area contributed by atoms with Gasteiger partial charge in [0.2, 0.25) is 5.91 Å². The van der Waals surface area contributed by atoms with Crippen molar-refractivity contribution in [1.82, 2.24) is 4.90 Å². The van der Waals surface area contributed by atoms with Gasteiger partial charge < -0.3 is 10.6 Å². The molecule has 0 radical (unpaired) electrons. The van der Waals surface area contributed by atoms with Gasteiger partial charge in [-0.05, 0) is 22.9 Å². The summed E-state index contributed by atoms with van der Waals surface area (Å²) < 4.78 is 0. The fourth-order valence-corrected chi connectivity index (χ4v) is 2.30. The molecule has 2 N–H and O–H groups in total. The molecular formula is C17H29ClN2O. The molecule has 1 rings (SSSR count). The Hall–Kier alpha value is -1.06. The molecule has 21 heavy (non-hydrogen) atoms. The quantitative estimate of drug-likeness (QED) is 0.876. The lowest BCUT2D eigenvalue weighted by molar-refractivity contribution is -0.132. The smallest absolute Gasteiger partial charge is 0.223 e. The third-order valence-corrected chi connectivity index (χ3v) is 3.79. The summed E-state index contributed by atoms with van der Waals surface area (Å²) in [5, 5.41) is 0. The highest BCUT2D eigenvalue weighted by Gasteiger charge is 2.28. The minimum absolute atomic E-state index is 0. The minimum atomic E-state index is -0.153. The lowest BCUT2D eigenvalue weighted by Gasteiger charge is -2.32. The number of nitrogens with zero attached hydrogens (tertiary/aromatic N) is 1. The first-order chi connectivity index (χ1) is 9.18.